The van der Waals surface area contributed by atoms with E-state index in [2.05, 4.69) is 24.0 Å². The Balaban J connectivity index is 1.18. The number of halogens is 1. The molecule has 3 aliphatic rings. The summed E-state index contributed by atoms with van der Waals surface area (Å²) in [4.78, 5) is 34.5. The molecule has 1 saturated heterocycles. The van der Waals surface area contributed by atoms with Crippen LogP contribution in [0.25, 0.3) is 16.9 Å². The monoisotopic (exact) mass is 580 g/mol. The number of benzene rings is 2. The topological polar surface area (TPSA) is 96.8 Å². The molecule has 43 heavy (non-hydrogen) atoms. The molecule has 222 valence electrons. The van der Waals surface area contributed by atoms with Crippen LogP contribution in [-0.2, 0) is 11.2 Å². The van der Waals surface area contributed by atoms with Crippen molar-refractivity contribution in [2.75, 3.05) is 24.5 Å². The van der Waals surface area contributed by atoms with E-state index in [4.69, 9.17) is 15.8 Å². The quantitative estimate of drug-likeness (QED) is 0.325. The fourth-order valence-corrected chi connectivity index (χ4v) is 6.80. The lowest BCUT2D eigenvalue weighted by atomic mass is 9.78. The predicted molar refractivity (Wildman–Crippen MR) is 163 cm³/mol. The van der Waals surface area contributed by atoms with E-state index in [0.29, 0.717) is 41.6 Å². The van der Waals surface area contributed by atoms with Crippen LogP contribution in [-0.4, -0.2) is 50.9 Å². The molecule has 2 amide bonds. The Morgan fingerprint density at radius 2 is 1.81 bits per heavy atom. The molecule has 2 aliphatic heterocycles. The molecule has 7 rings (SSSR count). The first-order valence-electron chi connectivity index (χ1n) is 15.3. The summed E-state index contributed by atoms with van der Waals surface area (Å²) >= 11 is 0. The Labute approximate surface area is 250 Å². The van der Waals surface area contributed by atoms with Gasteiger partial charge in [0.25, 0.3) is 5.91 Å². The van der Waals surface area contributed by atoms with Crippen molar-refractivity contribution in [3.63, 3.8) is 0 Å². The van der Waals surface area contributed by atoms with Crippen LogP contribution < -0.4 is 10.6 Å². The minimum atomic E-state index is -0.618. The van der Waals surface area contributed by atoms with E-state index >= 15 is 4.39 Å². The van der Waals surface area contributed by atoms with Gasteiger partial charge in [-0.25, -0.2) is 13.9 Å². The number of hydrogen-bond acceptors (Lipinski definition) is 5. The van der Waals surface area contributed by atoms with Crippen molar-refractivity contribution in [1.29, 1.82) is 0 Å². The highest BCUT2D eigenvalue weighted by Crippen LogP contribution is 2.41. The number of primary amides is 1. The molecule has 2 aromatic heterocycles. The van der Waals surface area contributed by atoms with Crippen LogP contribution in [0.2, 0.25) is 0 Å². The average molecular weight is 581 g/mol. The van der Waals surface area contributed by atoms with Crippen LogP contribution in [0.1, 0.15) is 79.3 Å². The van der Waals surface area contributed by atoms with Gasteiger partial charge < -0.3 is 15.5 Å². The summed E-state index contributed by atoms with van der Waals surface area (Å²) in [5.41, 5.74) is 11.0. The van der Waals surface area contributed by atoms with E-state index in [1.807, 2.05) is 43.0 Å². The van der Waals surface area contributed by atoms with Gasteiger partial charge in [-0.05, 0) is 73.9 Å². The van der Waals surface area contributed by atoms with Gasteiger partial charge in [0.2, 0.25) is 5.91 Å². The van der Waals surface area contributed by atoms with Gasteiger partial charge >= 0.3 is 0 Å². The zero-order valence-electron chi connectivity index (χ0n) is 24.9. The molecule has 4 aromatic rings. The number of anilines is 1. The zero-order valence-corrected chi connectivity index (χ0v) is 24.9. The minimum Gasteiger partial charge on any atom is -0.371 e. The van der Waals surface area contributed by atoms with Gasteiger partial charge in [-0.1, -0.05) is 38.1 Å². The van der Waals surface area contributed by atoms with E-state index in [1.54, 1.807) is 22.7 Å². The first kappa shape index (κ1) is 27.6. The largest absolute Gasteiger partial charge is 0.371 e. The third-order valence-electron chi connectivity index (χ3n) is 9.96. The Morgan fingerprint density at radius 3 is 2.56 bits per heavy atom. The van der Waals surface area contributed by atoms with Gasteiger partial charge in [0.05, 0.1) is 11.7 Å². The minimum absolute atomic E-state index is 0.0410. The fourth-order valence-electron chi connectivity index (χ4n) is 6.80. The average Bonchev–Trinajstić information content (AvgIpc) is 3.54. The smallest absolute Gasteiger partial charge is 0.273 e. The molecule has 2 atom stereocenters. The Bertz CT molecular complexity index is 1760. The molecule has 2 aromatic carbocycles. The van der Waals surface area contributed by atoms with Crippen molar-refractivity contribution in [2.45, 2.75) is 58.4 Å². The normalized spacial score (nSPS) is 20.5. The molecule has 1 aliphatic carbocycles. The van der Waals surface area contributed by atoms with Crippen molar-refractivity contribution in [1.82, 2.24) is 19.5 Å². The van der Waals surface area contributed by atoms with Crippen LogP contribution >= 0.6 is 0 Å². The van der Waals surface area contributed by atoms with Crippen molar-refractivity contribution in [3.05, 3.63) is 82.9 Å². The summed E-state index contributed by atoms with van der Waals surface area (Å²) in [7, 11) is 0. The molecular formula is C34H37FN6O2. The standard InChI is InChI=1S/C34H37FN6O2/c1-20-25-7-5-4-6-21(25)12-15-40(20)32(42)29-17-30(22-8-9-22)41-31(37-29)18-28(38-41)26-11-10-24(16-27(26)35)39-14-13-23(19-39)34(2,3)33(36)43/h4-7,10-11,16-18,20,22-23H,8-9,12-15,19H2,1-3H3,(H2,36,43)/t20-,23?/m1/s1. The molecule has 2 fully saturated rings. The van der Waals surface area contributed by atoms with Crippen LogP contribution in [0.5, 0.6) is 0 Å². The maximum Gasteiger partial charge on any atom is 0.273 e. The van der Waals surface area contributed by atoms with E-state index in [9.17, 15) is 9.59 Å². The summed E-state index contributed by atoms with van der Waals surface area (Å²) in [6, 6.07) is 17.1. The summed E-state index contributed by atoms with van der Waals surface area (Å²) in [6.45, 7) is 7.86. The Morgan fingerprint density at radius 1 is 1.02 bits per heavy atom. The lowest BCUT2D eigenvalue weighted by Gasteiger charge is -2.35. The number of hydrogen-bond donors (Lipinski definition) is 1. The summed E-state index contributed by atoms with van der Waals surface area (Å²) in [6.07, 6.45) is 3.70. The molecule has 4 heterocycles. The molecule has 8 nitrogen and oxygen atoms in total. The van der Waals surface area contributed by atoms with Crippen molar-refractivity contribution < 1.29 is 14.0 Å². The predicted octanol–water partition coefficient (Wildman–Crippen LogP) is 5.51. The van der Waals surface area contributed by atoms with E-state index < -0.39 is 5.41 Å². The molecule has 2 N–H and O–H groups in total. The highest BCUT2D eigenvalue weighted by molar-refractivity contribution is 5.93. The van der Waals surface area contributed by atoms with Gasteiger partial charge in [0.15, 0.2) is 5.65 Å². The summed E-state index contributed by atoms with van der Waals surface area (Å²) in [5.74, 6) is -0.355. The van der Waals surface area contributed by atoms with E-state index in [0.717, 1.165) is 43.6 Å². The Hall–Kier alpha value is -4.27. The van der Waals surface area contributed by atoms with Crippen LogP contribution in [0.4, 0.5) is 10.1 Å². The molecular weight excluding hydrogens is 543 g/mol. The van der Waals surface area contributed by atoms with Crippen LogP contribution in [0, 0.1) is 17.2 Å². The molecule has 0 bridgehead atoms. The first-order valence-corrected chi connectivity index (χ1v) is 15.3. The van der Waals surface area contributed by atoms with Gasteiger partial charge in [-0.2, -0.15) is 5.10 Å². The third-order valence-corrected chi connectivity index (χ3v) is 9.96. The van der Waals surface area contributed by atoms with Gasteiger partial charge in [0.1, 0.15) is 11.5 Å². The first-order chi connectivity index (χ1) is 20.6. The highest BCUT2D eigenvalue weighted by Gasteiger charge is 2.39. The molecule has 1 saturated carbocycles. The number of rotatable bonds is 6. The molecule has 0 radical (unpaired) electrons. The van der Waals surface area contributed by atoms with Crippen LogP contribution in [0.15, 0.2) is 54.6 Å². The third kappa shape index (κ3) is 4.75. The number of fused-ring (bicyclic) bond motifs is 2. The SMILES string of the molecule is C[C@@H]1c2ccccc2CCN1C(=O)c1cc(C2CC2)n2nc(-c3ccc(N4CCC(C(C)(C)C(N)=O)C4)cc3F)cc2n1. The molecule has 9 heteroatoms. The molecule has 1 unspecified atom stereocenters. The van der Waals surface area contributed by atoms with Crippen molar-refractivity contribution in [3.8, 4) is 11.3 Å². The lowest BCUT2D eigenvalue weighted by Crippen LogP contribution is -2.39. The fraction of sp³-hybridized carbons (Fsp3) is 0.412. The number of amides is 2. The van der Waals surface area contributed by atoms with E-state index in [-0.39, 0.29) is 29.6 Å². The van der Waals surface area contributed by atoms with Gasteiger partial charge in [-0.15, -0.1) is 0 Å². The van der Waals surface area contributed by atoms with E-state index in [1.165, 1.54) is 11.1 Å². The van der Waals surface area contributed by atoms with Crippen LogP contribution in [0.3, 0.4) is 0 Å². The highest BCUT2D eigenvalue weighted by atomic mass is 19.1. The molecule has 0 spiro atoms. The summed E-state index contributed by atoms with van der Waals surface area (Å²) in [5, 5.41) is 4.78. The van der Waals surface area contributed by atoms with Gasteiger partial charge in [0, 0.05) is 54.0 Å². The lowest BCUT2D eigenvalue weighted by molar-refractivity contribution is -0.128. The number of carbonyl (C=O) groups excluding carboxylic acids is 2. The number of nitrogens with two attached hydrogens (primary N) is 1. The maximum atomic E-state index is 15.6. The zero-order chi connectivity index (χ0) is 30.0. The number of nitrogens with zero attached hydrogens (tertiary/aromatic N) is 5. The summed E-state index contributed by atoms with van der Waals surface area (Å²) < 4.78 is 17.4. The second-order valence-corrected chi connectivity index (χ2v) is 12.9. The van der Waals surface area contributed by atoms with Crippen molar-refractivity contribution >= 4 is 23.1 Å². The number of aromatic nitrogens is 3. The van der Waals surface area contributed by atoms with Crippen molar-refractivity contribution in [2.24, 2.45) is 17.1 Å². The number of carbonyl (C=O) groups is 2. The second-order valence-electron chi connectivity index (χ2n) is 12.9. The van der Waals surface area contributed by atoms with Gasteiger partial charge in [-0.3, -0.25) is 9.59 Å². The maximum absolute atomic E-state index is 15.6. The Kier molecular flexibility index (Phi) is 6.52. The second kappa shape index (κ2) is 10.2.